The lowest BCUT2D eigenvalue weighted by atomic mass is 10.0. The fourth-order valence-corrected chi connectivity index (χ4v) is 3.90. The first-order valence-corrected chi connectivity index (χ1v) is 8.40. The first-order valence-electron chi connectivity index (χ1n) is 6.79. The highest BCUT2D eigenvalue weighted by molar-refractivity contribution is 7.89. The van der Waals surface area contributed by atoms with Crippen molar-refractivity contribution < 1.29 is 8.42 Å². The van der Waals surface area contributed by atoms with Gasteiger partial charge in [0.15, 0.2) is 0 Å². The first-order chi connectivity index (χ1) is 8.94. The van der Waals surface area contributed by atoms with Gasteiger partial charge in [-0.05, 0) is 30.0 Å². The fraction of sp³-hybridized carbons (Fsp3) is 0.571. The second-order valence-electron chi connectivity index (χ2n) is 5.25. The first kappa shape index (κ1) is 14.5. The molecule has 4 nitrogen and oxygen atoms in total. The van der Waals surface area contributed by atoms with Crippen LogP contribution in [-0.4, -0.2) is 18.5 Å². The molecule has 1 aromatic rings. The molecular formula is C14H22N2O2S. The van der Waals surface area contributed by atoms with Crippen molar-refractivity contribution in [1.29, 1.82) is 0 Å². The Kier molecular flexibility index (Phi) is 4.28. The summed E-state index contributed by atoms with van der Waals surface area (Å²) in [6.45, 7) is 4.93. The van der Waals surface area contributed by atoms with Crippen molar-refractivity contribution >= 4 is 10.0 Å². The molecule has 1 aliphatic heterocycles. The SMILES string of the molecule is CCCCS(=O)(=O)N1Cc2ccc(C(C)N)cc2C1. The van der Waals surface area contributed by atoms with Gasteiger partial charge in [-0.15, -0.1) is 0 Å². The van der Waals surface area contributed by atoms with Crippen LogP contribution >= 0.6 is 0 Å². The fourth-order valence-electron chi connectivity index (χ4n) is 2.32. The molecule has 5 heteroatoms. The normalized spacial score (nSPS) is 17.4. The summed E-state index contributed by atoms with van der Waals surface area (Å²) in [5.74, 6) is 0.248. The molecule has 106 valence electrons. The quantitative estimate of drug-likeness (QED) is 0.900. The number of benzene rings is 1. The van der Waals surface area contributed by atoms with Crippen LogP contribution < -0.4 is 5.73 Å². The minimum absolute atomic E-state index is 0.0175. The van der Waals surface area contributed by atoms with Crippen molar-refractivity contribution in [2.45, 2.75) is 45.8 Å². The van der Waals surface area contributed by atoms with Gasteiger partial charge in [0, 0.05) is 19.1 Å². The van der Waals surface area contributed by atoms with Crippen molar-refractivity contribution in [2.75, 3.05) is 5.75 Å². The van der Waals surface area contributed by atoms with Gasteiger partial charge in [-0.1, -0.05) is 31.5 Å². The van der Waals surface area contributed by atoms with Gasteiger partial charge >= 0.3 is 0 Å². The molecule has 0 amide bonds. The molecule has 0 aromatic heterocycles. The summed E-state index contributed by atoms with van der Waals surface area (Å²) in [6.07, 6.45) is 1.62. The summed E-state index contributed by atoms with van der Waals surface area (Å²) in [5.41, 5.74) is 9.12. The maximum absolute atomic E-state index is 12.2. The second-order valence-corrected chi connectivity index (χ2v) is 7.34. The van der Waals surface area contributed by atoms with E-state index in [2.05, 4.69) is 0 Å². The van der Waals surface area contributed by atoms with Crippen LogP contribution in [0.2, 0.25) is 0 Å². The van der Waals surface area contributed by atoms with Crippen LogP contribution in [0.1, 0.15) is 49.4 Å². The van der Waals surface area contributed by atoms with Crippen molar-refractivity contribution in [2.24, 2.45) is 5.73 Å². The van der Waals surface area contributed by atoms with E-state index >= 15 is 0 Å². The highest BCUT2D eigenvalue weighted by atomic mass is 32.2. The Morgan fingerprint density at radius 3 is 2.63 bits per heavy atom. The minimum Gasteiger partial charge on any atom is -0.324 e. The predicted molar refractivity (Wildman–Crippen MR) is 77.0 cm³/mol. The van der Waals surface area contributed by atoms with Crippen LogP contribution in [0.5, 0.6) is 0 Å². The summed E-state index contributed by atoms with van der Waals surface area (Å²) < 4.78 is 25.9. The third kappa shape index (κ3) is 3.16. The number of sulfonamides is 1. The lowest BCUT2D eigenvalue weighted by Crippen LogP contribution is -2.28. The molecule has 1 aliphatic rings. The van der Waals surface area contributed by atoms with Crippen LogP contribution in [-0.2, 0) is 23.1 Å². The van der Waals surface area contributed by atoms with Gasteiger partial charge in [-0.25, -0.2) is 8.42 Å². The van der Waals surface area contributed by atoms with Crippen LogP contribution in [0, 0.1) is 0 Å². The molecule has 2 N–H and O–H groups in total. The molecule has 1 heterocycles. The lowest BCUT2D eigenvalue weighted by molar-refractivity contribution is 0.430. The van der Waals surface area contributed by atoms with Crippen molar-refractivity contribution in [1.82, 2.24) is 4.31 Å². The second kappa shape index (κ2) is 5.61. The van der Waals surface area contributed by atoms with Gasteiger partial charge in [-0.2, -0.15) is 4.31 Å². The Bertz CT molecular complexity index is 553. The lowest BCUT2D eigenvalue weighted by Gasteiger charge is -2.14. The van der Waals surface area contributed by atoms with E-state index in [0.29, 0.717) is 13.1 Å². The molecule has 2 rings (SSSR count). The molecule has 0 saturated carbocycles. The zero-order valence-electron chi connectivity index (χ0n) is 11.6. The summed E-state index contributed by atoms with van der Waals surface area (Å²) in [6, 6.07) is 6.01. The predicted octanol–water partition coefficient (Wildman–Crippen LogP) is 2.15. The van der Waals surface area contributed by atoms with E-state index in [1.54, 1.807) is 4.31 Å². The zero-order chi connectivity index (χ0) is 14.0. The zero-order valence-corrected chi connectivity index (χ0v) is 12.4. The molecule has 0 saturated heterocycles. The molecule has 0 fully saturated rings. The summed E-state index contributed by atoms with van der Waals surface area (Å²) in [5, 5.41) is 0. The minimum atomic E-state index is -3.12. The highest BCUT2D eigenvalue weighted by Crippen LogP contribution is 2.28. The van der Waals surface area contributed by atoms with Gasteiger partial charge in [0.1, 0.15) is 0 Å². The van der Waals surface area contributed by atoms with E-state index in [0.717, 1.165) is 29.5 Å². The Labute approximate surface area is 115 Å². The number of hydrogen-bond acceptors (Lipinski definition) is 3. The number of fused-ring (bicyclic) bond motifs is 1. The van der Waals surface area contributed by atoms with Crippen molar-refractivity contribution in [3.8, 4) is 0 Å². The Hall–Kier alpha value is -0.910. The molecular weight excluding hydrogens is 260 g/mol. The molecule has 1 aromatic carbocycles. The average Bonchev–Trinajstić information content (AvgIpc) is 2.79. The van der Waals surface area contributed by atoms with Crippen LogP contribution in [0.3, 0.4) is 0 Å². The van der Waals surface area contributed by atoms with Crippen LogP contribution in [0.15, 0.2) is 18.2 Å². The summed E-state index contributed by atoms with van der Waals surface area (Å²) in [4.78, 5) is 0. The third-order valence-electron chi connectivity index (χ3n) is 3.60. The largest absolute Gasteiger partial charge is 0.324 e. The average molecular weight is 282 g/mol. The molecule has 0 aliphatic carbocycles. The molecule has 1 unspecified atom stereocenters. The number of unbranched alkanes of at least 4 members (excludes halogenated alkanes) is 1. The monoisotopic (exact) mass is 282 g/mol. The number of nitrogens with two attached hydrogens (primary N) is 1. The van der Waals surface area contributed by atoms with Gasteiger partial charge in [0.25, 0.3) is 0 Å². The molecule has 0 radical (unpaired) electrons. The smallest absolute Gasteiger partial charge is 0.214 e. The number of hydrogen-bond donors (Lipinski definition) is 1. The number of rotatable bonds is 5. The Balaban J connectivity index is 2.16. The van der Waals surface area contributed by atoms with E-state index < -0.39 is 10.0 Å². The van der Waals surface area contributed by atoms with Crippen molar-refractivity contribution in [3.63, 3.8) is 0 Å². The van der Waals surface area contributed by atoms with E-state index in [4.69, 9.17) is 5.73 Å². The summed E-state index contributed by atoms with van der Waals surface area (Å²) in [7, 11) is -3.12. The van der Waals surface area contributed by atoms with Gasteiger partial charge in [-0.3, -0.25) is 0 Å². The summed E-state index contributed by atoms with van der Waals surface area (Å²) >= 11 is 0. The van der Waals surface area contributed by atoms with Gasteiger partial charge in [0.05, 0.1) is 5.75 Å². The standard InChI is InChI=1S/C14H22N2O2S/c1-3-4-7-19(17,18)16-9-13-6-5-12(11(2)15)8-14(13)10-16/h5-6,8,11H,3-4,7,9-10,15H2,1-2H3. The molecule has 0 spiro atoms. The van der Waals surface area contributed by atoms with Gasteiger partial charge < -0.3 is 5.73 Å². The third-order valence-corrected chi connectivity index (χ3v) is 5.45. The molecule has 1 atom stereocenters. The van der Waals surface area contributed by atoms with Gasteiger partial charge in [0.2, 0.25) is 10.0 Å². The molecule has 0 bridgehead atoms. The van der Waals surface area contributed by atoms with Crippen LogP contribution in [0.4, 0.5) is 0 Å². The maximum atomic E-state index is 12.2. The highest BCUT2D eigenvalue weighted by Gasteiger charge is 2.28. The Morgan fingerprint density at radius 1 is 1.32 bits per heavy atom. The van der Waals surface area contributed by atoms with Crippen molar-refractivity contribution in [3.05, 3.63) is 34.9 Å². The van der Waals surface area contributed by atoms with E-state index in [1.807, 2.05) is 32.0 Å². The van der Waals surface area contributed by atoms with Crippen LogP contribution in [0.25, 0.3) is 0 Å². The Morgan fingerprint density at radius 2 is 2.00 bits per heavy atom. The van der Waals surface area contributed by atoms with E-state index in [1.165, 1.54) is 0 Å². The molecule has 19 heavy (non-hydrogen) atoms. The number of nitrogens with zero attached hydrogens (tertiary/aromatic N) is 1. The van der Waals surface area contributed by atoms with E-state index in [9.17, 15) is 8.42 Å². The van der Waals surface area contributed by atoms with E-state index in [-0.39, 0.29) is 11.8 Å². The maximum Gasteiger partial charge on any atom is 0.214 e. The topological polar surface area (TPSA) is 63.4 Å².